The number of primary sulfonamides is 1. The number of benzene rings is 1. The molecule has 0 fully saturated rings. The number of hydrogen-bond acceptors (Lipinski definition) is 2. The van der Waals surface area contributed by atoms with E-state index in [1.54, 1.807) is 12.1 Å². The lowest BCUT2D eigenvalue weighted by molar-refractivity contribution is 0.601. The van der Waals surface area contributed by atoms with Gasteiger partial charge >= 0.3 is 0 Å². The molecule has 0 saturated carbocycles. The number of hydrogen-bond donors (Lipinski definition) is 1. The molecule has 0 atom stereocenters. The summed E-state index contributed by atoms with van der Waals surface area (Å²) in [5, 5.41) is 4.77. The van der Waals surface area contributed by atoms with Gasteiger partial charge in [-0.2, -0.15) is 0 Å². The summed E-state index contributed by atoms with van der Waals surface area (Å²) in [6.07, 6.45) is 0. The van der Waals surface area contributed by atoms with Crippen LogP contribution in [0.3, 0.4) is 0 Å². The van der Waals surface area contributed by atoms with Crippen molar-refractivity contribution in [2.24, 2.45) is 5.14 Å². The molecule has 0 radical (unpaired) electrons. The summed E-state index contributed by atoms with van der Waals surface area (Å²) in [6, 6.07) is 9.14. The molecular weight excluding hydrogens is 186 g/mol. The minimum Gasteiger partial charge on any atom is -0.228 e. The van der Waals surface area contributed by atoms with Gasteiger partial charge in [0.15, 0.2) is 0 Å². The Morgan fingerprint density at radius 2 is 1.85 bits per heavy atom. The van der Waals surface area contributed by atoms with Gasteiger partial charge in [0.1, 0.15) is 5.75 Å². The maximum Gasteiger partial charge on any atom is 0.220 e. The molecule has 1 aromatic carbocycles. The summed E-state index contributed by atoms with van der Waals surface area (Å²) in [5.74, 6) is 4.87. The Hall–Kier alpha value is -1.31. The van der Waals surface area contributed by atoms with Crippen LogP contribution < -0.4 is 5.14 Å². The molecule has 0 unspecified atom stereocenters. The highest BCUT2D eigenvalue weighted by atomic mass is 32.2. The van der Waals surface area contributed by atoms with E-state index in [1.165, 1.54) is 0 Å². The Balaban J connectivity index is 2.70. The standard InChI is InChI=1S/C9H9NO2S/c10-13(11,12)8-4-7-9-5-2-1-3-6-9/h1-3,5-6H,8H2,(H2,10,11,12). The van der Waals surface area contributed by atoms with E-state index in [0.29, 0.717) is 0 Å². The molecular formula is C9H9NO2S. The minimum absolute atomic E-state index is 0.304. The number of sulfonamides is 1. The van der Waals surface area contributed by atoms with Gasteiger partial charge in [-0.15, -0.1) is 0 Å². The van der Waals surface area contributed by atoms with Crippen molar-refractivity contribution in [2.75, 3.05) is 5.75 Å². The van der Waals surface area contributed by atoms with Gasteiger partial charge in [0.25, 0.3) is 0 Å². The summed E-state index contributed by atoms with van der Waals surface area (Å²) in [5.41, 5.74) is 0.783. The predicted octanol–water partition coefficient (Wildman–Crippen LogP) is 0.327. The molecule has 2 N–H and O–H groups in total. The van der Waals surface area contributed by atoms with Crippen LogP contribution >= 0.6 is 0 Å². The van der Waals surface area contributed by atoms with Gasteiger partial charge in [0.2, 0.25) is 10.0 Å². The first-order chi connectivity index (χ1) is 6.08. The molecule has 0 heterocycles. The van der Waals surface area contributed by atoms with Gasteiger partial charge in [0.05, 0.1) is 0 Å². The fourth-order valence-corrected chi connectivity index (χ4v) is 1.03. The van der Waals surface area contributed by atoms with E-state index in [-0.39, 0.29) is 5.75 Å². The highest BCUT2D eigenvalue weighted by molar-refractivity contribution is 7.89. The van der Waals surface area contributed by atoms with Crippen molar-refractivity contribution in [1.82, 2.24) is 0 Å². The first-order valence-corrected chi connectivity index (χ1v) is 5.34. The predicted molar refractivity (Wildman–Crippen MR) is 51.3 cm³/mol. The third kappa shape index (κ3) is 4.31. The summed E-state index contributed by atoms with van der Waals surface area (Å²) >= 11 is 0. The van der Waals surface area contributed by atoms with Crippen LogP contribution in [0.5, 0.6) is 0 Å². The number of nitrogens with two attached hydrogens (primary N) is 1. The van der Waals surface area contributed by atoms with Crippen molar-refractivity contribution >= 4 is 10.0 Å². The first kappa shape index (κ1) is 9.78. The van der Waals surface area contributed by atoms with Crippen LogP contribution in [-0.2, 0) is 10.0 Å². The zero-order valence-electron chi connectivity index (χ0n) is 6.90. The topological polar surface area (TPSA) is 60.2 Å². The molecule has 0 aliphatic carbocycles. The van der Waals surface area contributed by atoms with Gasteiger partial charge < -0.3 is 0 Å². The van der Waals surface area contributed by atoms with Gasteiger partial charge in [0, 0.05) is 5.56 Å². The molecule has 0 aromatic heterocycles. The highest BCUT2D eigenvalue weighted by Gasteiger charge is 1.95. The second-order valence-corrected chi connectivity index (χ2v) is 4.09. The summed E-state index contributed by atoms with van der Waals surface area (Å²) < 4.78 is 21.0. The third-order valence-corrected chi connectivity index (χ3v) is 1.83. The molecule has 0 amide bonds. The maximum absolute atomic E-state index is 10.5. The smallest absolute Gasteiger partial charge is 0.220 e. The van der Waals surface area contributed by atoms with Gasteiger partial charge in [-0.3, -0.25) is 0 Å². The molecule has 0 aliphatic heterocycles. The van der Waals surface area contributed by atoms with Crippen LogP contribution in [0.1, 0.15) is 5.56 Å². The van der Waals surface area contributed by atoms with Crippen molar-refractivity contribution in [2.45, 2.75) is 0 Å². The fourth-order valence-electron chi connectivity index (χ4n) is 0.760. The van der Waals surface area contributed by atoms with Crippen molar-refractivity contribution < 1.29 is 8.42 Å². The van der Waals surface area contributed by atoms with Gasteiger partial charge in [-0.05, 0) is 12.1 Å². The Labute approximate surface area is 77.6 Å². The Bertz CT molecular complexity index is 426. The van der Waals surface area contributed by atoms with Crippen LogP contribution in [0.4, 0.5) is 0 Å². The van der Waals surface area contributed by atoms with Crippen LogP contribution in [-0.4, -0.2) is 14.2 Å². The SMILES string of the molecule is NS(=O)(=O)CC#Cc1ccccc1. The fraction of sp³-hybridized carbons (Fsp3) is 0.111. The summed E-state index contributed by atoms with van der Waals surface area (Å²) in [7, 11) is -3.47. The lowest BCUT2D eigenvalue weighted by atomic mass is 10.2. The zero-order chi connectivity index (χ0) is 9.73. The summed E-state index contributed by atoms with van der Waals surface area (Å²) in [4.78, 5) is 0. The average Bonchev–Trinajstić information content (AvgIpc) is 2.04. The first-order valence-electron chi connectivity index (χ1n) is 3.62. The number of rotatable bonds is 1. The van der Waals surface area contributed by atoms with Crippen molar-refractivity contribution in [3.8, 4) is 11.8 Å². The third-order valence-electron chi connectivity index (χ3n) is 1.28. The van der Waals surface area contributed by atoms with E-state index >= 15 is 0 Å². The quantitative estimate of drug-likeness (QED) is 0.656. The van der Waals surface area contributed by atoms with Crippen molar-refractivity contribution in [3.05, 3.63) is 35.9 Å². The molecule has 0 saturated heterocycles. The molecule has 4 heteroatoms. The average molecular weight is 195 g/mol. The monoisotopic (exact) mass is 195 g/mol. The Kier molecular flexibility index (Phi) is 3.07. The molecule has 0 aliphatic rings. The van der Waals surface area contributed by atoms with Crippen LogP contribution in [0.2, 0.25) is 0 Å². The van der Waals surface area contributed by atoms with E-state index in [0.717, 1.165) is 5.56 Å². The zero-order valence-corrected chi connectivity index (χ0v) is 7.71. The second kappa shape index (κ2) is 4.08. The molecule has 3 nitrogen and oxygen atoms in total. The van der Waals surface area contributed by atoms with Crippen LogP contribution in [0.15, 0.2) is 30.3 Å². The van der Waals surface area contributed by atoms with Gasteiger partial charge in [-0.1, -0.05) is 30.0 Å². The molecule has 68 valence electrons. The normalized spacial score (nSPS) is 10.2. The molecule has 1 rings (SSSR count). The lowest BCUT2D eigenvalue weighted by Crippen LogP contribution is -2.14. The Morgan fingerprint density at radius 3 is 2.38 bits per heavy atom. The van der Waals surface area contributed by atoms with E-state index in [9.17, 15) is 8.42 Å². The molecule has 1 aromatic rings. The second-order valence-electron chi connectivity index (χ2n) is 2.48. The maximum atomic E-state index is 10.5. The highest BCUT2D eigenvalue weighted by Crippen LogP contribution is 1.94. The summed E-state index contributed by atoms with van der Waals surface area (Å²) in [6.45, 7) is 0. The molecule has 0 bridgehead atoms. The van der Waals surface area contributed by atoms with Gasteiger partial charge in [-0.25, -0.2) is 13.6 Å². The largest absolute Gasteiger partial charge is 0.228 e. The molecule has 0 spiro atoms. The Morgan fingerprint density at radius 1 is 1.23 bits per heavy atom. The van der Waals surface area contributed by atoms with Crippen LogP contribution in [0, 0.1) is 11.8 Å². The van der Waals surface area contributed by atoms with E-state index < -0.39 is 10.0 Å². The van der Waals surface area contributed by atoms with E-state index in [1.807, 2.05) is 18.2 Å². The van der Waals surface area contributed by atoms with Crippen LogP contribution in [0.25, 0.3) is 0 Å². The van der Waals surface area contributed by atoms with Crippen molar-refractivity contribution in [3.63, 3.8) is 0 Å². The minimum atomic E-state index is -3.47. The van der Waals surface area contributed by atoms with E-state index in [4.69, 9.17) is 5.14 Å². The van der Waals surface area contributed by atoms with Crippen molar-refractivity contribution in [1.29, 1.82) is 0 Å². The lowest BCUT2D eigenvalue weighted by Gasteiger charge is -1.87. The van der Waals surface area contributed by atoms with E-state index in [2.05, 4.69) is 11.8 Å². The molecule has 13 heavy (non-hydrogen) atoms.